The van der Waals surface area contributed by atoms with E-state index in [1.54, 1.807) is 0 Å². The van der Waals surface area contributed by atoms with Gasteiger partial charge < -0.3 is 33.2 Å². The van der Waals surface area contributed by atoms with E-state index in [4.69, 9.17) is 33.2 Å². The molecule has 0 N–H and O–H groups in total. The molecule has 0 saturated carbocycles. The van der Waals surface area contributed by atoms with Crippen LogP contribution in [-0.4, -0.2) is 62.8 Å². The molecule has 1 spiro atoms. The van der Waals surface area contributed by atoms with Crippen molar-refractivity contribution in [2.75, 3.05) is 33.0 Å². The highest BCUT2D eigenvalue weighted by atomic mass is 16.9. The molecule has 0 bridgehead atoms. The summed E-state index contributed by atoms with van der Waals surface area (Å²) < 4.78 is 42.8. The van der Waals surface area contributed by atoms with Gasteiger partial charge in [0.25, 0.3) is 11.9 Å². The first-order valence-corrected chi connectivity index (χ1v) is 12.2. The van der Waals surface area contributed by atoms with Crippen LogP contribution in [0.15, 0.2) is 0 Å². The smallest absolute Gasteiger partial charge is 0.282 e. The lowest BCUT2D eigenvalue weighted by molar-refractivity contribution is -0.472. The standard InChI is InChI=1S/C25H48O7/c1-11-24(31-19(3)4)27-15-23(16-28-24)17-29-25(12-2,30-18-23)32-20(5)13-26-22(9,10)14-21(6,7)8/h19-20H,11-18H2,1-10H3. The Labute approximate surface area is 195 Å². The van der Waals surface area contributed by atoms with E-state index in [2.05, 4.69) is 34.6 Å². The normalized spacial score (nSPS) is 33.1. The molecular weight excluding hydrogens is 412 g/mol. The third-order valence-electron chi connectivity index (χ3n) is 5.72. The van der Waals surface area contributed by atoms with Crippen LogP contribution in [0.3, 0.4) is 0 Å². The van der Waals surface area contributed by atoms with Crippen LogP contribution < -0.4 is 0 Å². The van der Waals surface area contributed by atoms with E-state index >= 15 is 0 Å². The van der Waals surface area contributed by atoms with Crippen LogP contribution in [0.4, 0.5) is 0 Å². The van der Waals surface area contributed by atoms with Crippen molar-refractivity contribution in [1.82, 2.24) is 0 Å². The van der Waals surface area contributed by atoms with E-state index in [0.29, 0.717) is 45.9 Å². The molecule has 7 heteroatoms. The van der Waals surface area contributed by atoms with Gasteiger partial charge in [-0.2, -0.15) is 0 Å². The van der Waals surface area contributed by atoms with Crippen LogP contribution in [0.1, 0.15) is 88.5 Å². The first kappa shape index (κ1) is 28.0. The highest BCUT2D eigenvalue weighted by molar-refractivity contribution is 4.87. The zero-order chi connectivity index (χ0) is 24.3. The highest BCUT2D eigenvalue weighted by Gasteiger charge is 2.51. The molecule has 0 aromatic heterocycles. The Morgan fingerprint density at radius 1 is 0.750 bits per heavy atom. The second-order valence-corrected chi connectivity index (χ2v) is 11.6. The molecule has 0 amide bonds. The topological polar surface area (TPSA) is 64.6 Å². The van der Waals surface area contributed by atoms with Gasteiger partial charge in [-0.25, -0.2) is 0 Å². The molecule has 1 atom stereocenters. The Hall–Kier alpha value is -0.280. The maximum atomic E-state index is 6.23. The summed E-state index contributed by atoms with van der Waals surface area (Å²) >= 11 is 0. The Balaban J connectivity index is 1.88. The van der Waals surface area contributed by atoms with E-state index in [1.807, 2.05) is 34.6 Å². The fraction of sp³-hybridized carbons (Fsp3) is 1.00. The van der Waals surface area contributed by atoms with Gasteiger partial charge in [0, 0.05) is 12.8 Å². The van der Waals surface area contributed by atoms with Crippen LogP contribution in [0.2, 0.25) is 0 Å². The maximum Gasteiger partial charge on any atom is 0.282 e. The van der Waals surface area contributed by atoms with E-state index in [9.17, 15) is 0 Å². The van der Waals surface area contributed by atoms with Crippen molar-refractivity contribution in [3.05, 3.63) is 0 Å². The Morgan fingerprint density at radius 2 is 1.19 bits per heavy atom. The van der Waals surface area contributed by atoms with Crippen molar-refractivity contribution in [1.29, 1.82) is 0 Å². The summed E-state index contributed by atoms with van der Waals surface area (Å²) in [6.45, 7) is 23.1. The van der Waals surface area contributed by atoms with Gasteiger partial charge in [0.1, 0.15) is 0 Å². The monoisotopic (exact) mass is 460 g/mol. The molecule has 0 aliphatic carbocycles. The molecule has 190 valence electrons. The summed E-state index contributed by atoms with van der Waals surface area (Å²) in [5.74, 6) is -2.06. The van der Waals surface area contributed by atoms with Crippen LogP contribution in [-0.2, 0) is 33.2 Å². The predicted molar refractivity (Wildman–Crippen MR) is 123 cm³/mol. The van der Waals surface area contributed by atoms with Crippen LogP contribution >= 0.6 is 0 Å². The van der Waals surface area contributed by atoms with E-state index in [1.165, 1.54) is 0 Å². The zero-order valence-corrected chi connectivity index (χ0v) is 22.2. The molecular formula is C25H48O7. The van der Waals surface area contributed by atoms with E-state index < -0.39 is 11.9 Å². The summed E-state index contributed by atoms with van der Waals surface area (Å²) in [5, 5.41) is 0. The van der Waals surface area contributed by atoms with Crippen molar-refractivity contribution in [3.8, 4) is 0 Å². The first-order valence-electron chi connectivity index (χ1n) is 12.2. The van der Waals surface area contributed by atoms with Gasteiger partial charge in [0.15, 0.2) is 0 Å². The predicted octanol–water partition coefficient (Wildman–Crippen LogP) is 5.26. The number of hydrogen-bond acceptors (Lipinski definition) is 7. The van der Waals surface area contributed by atoms with Crippen LogP contribution in [0.25, 0.3) is 0 Å². The highest BCUT2D eigenvalue weighted by Crippen LogP contribution is 2.40. The molecule has 2 fully saturated rings. The zero-order valence-electron chi connectivity index (χ0n) is 22.2. The van der Waals surface area contributed by atoms with Gasteiger partial charge in [-0.1, -0.05) is 34.6 Å². The molecule has 2 aliphatic rings. The SMILES string of the molecule is CCC1(OC(C)C)OCC2(CO1)COC(CC)(OC(C)COC(C)(C)CC(C)(C)C)OC2. The molecule has 7 nitrogen and oxygen atoms in total. The lowest BCUT2D eigenvalue weighted by Crippen LogP contribution is -2.60. The van der Waals surface area contributed by atoms with Crippen molar-refractivity contribution in [3.63, 3.8) is 0 Å². The first-order chi connectivity index (χ1) is 14.7. The van der Waals surface area contributed by atoms with Gasteiger partial charge in [0.2, 0.25) is 0 Å². The fourth-order valence-electron chi connectivity index (χ4n) is 4.47. The quantitative estimate of drug-likeness (QED) is 0.441. The lowest BCUT2D eigenvalue weighted by Gasteiger charge is -2.50. The summed E-state index contributed by atoms with van der Waals surface area (Å²) in [4.78, 5) is 0. The lowest BCUT2D eigenvalue weighted by atomic mass is 9.83. The summed E-state index contributed by atoms with van der Waals surface area (Å²) in [6.07, 6.45) is 2.00. The molecule has 0 radical (unpaired) electrons. The van der Waals surface area contributed by atoms with Crippen LogP contribution in [0.5, 0.6) is 0 Å². The minimum atomic E-state index is -1.07. The second-order valence-electron chi connectivity index (χ2n) is 11.6. The molecule has 2 rings (SSSR count). The minimum absolute atomic E-state index is 0.0149. The van der Waals surface area contributed by atoms with Gasteiger partial charge in [-0.3, -0.25) is 0 Å². The minimum Gasteiger partial charge on any atom is -0.373 e. The molecule has 1 unspecified atom stereocenters. The molecule has 0 aromatic rings. The van der Waals surface area contributed by atoms with E-state index in [0.717, 1.165) is 6.42 Å². The number of hydrogen-bond donors (Lipinski definition) is 0. The van der Waals surface area contributed by atoms with Gasteiger partial charge in [0.05, 0.1) is 56.3 Å². The molecule has 2 saturated heterocycles. The van der Waals surface area contributed by atoms with Gasteiger partial charge in [-0.05, 0) is 46.5 Å². The van der Waals surface area contributed by atoms with Crippen molar-refractivity contribution in [2.45, 2.75) is 118 Å². The fourth-order valence-corrected chi connectivity index (χ4v) is 4.47. The van der Waals surface area contributed by atoms with Gasteiger partial charge >= 0.3 is 0 Å². The summed E-state index contributed by atoms with van der Waals surface area (Å²) in [5.41, 5.74) is -0.397. The molecule has 2 heterocycles. The van der Waals surface area contributed by atoms with Crippen molar-refractivity contribution in [2.24, 2.45) is 10.8 Å². The Kier molecular flexibility index (Phi) is 9.22. The Bertz CT molecular complexity index is 563. The van der Waals surface area contributed by atoms with Gasteiger partial charge in [-0.15, -0.1) is 0 Å². The molecule has 0 aromatic carbocycles. The number of ether oxygens (including phenoxy) is 7. The molecule has 2 aliphatic heterocycles. The third kappa shape index (κ3) is 7.90. The average molecular weight is 461 g/mol. The Morgan fingerprint density at radius 3 is 1.56 bits per heavy atom. The summed E-state index contributed by atoms with van der Waals surface area (Å²) in [7, 11) is 0. The largest absolute Gasteiger partial charge is 0.373 e. The maximum absolute atomic E-state index is 6.23. The van der Waals surface area contributed by atoms with Crippen LogP contribution in [0, 0.1) is 10.8 Å². The second kappa shape index (κ2) is 10.5. The number of rotatable bonds is 10. The third-order valence-corrected chi connectivity index (χ3v) is 5.72. The summed E-state index contributed by atoms with van der Waals surface area (Å²) in [6, 6.07) is 0. The van der Waals surface area contributed by atoms with Crippen molar-refractivity contribution >= 4 is 0 Å². The van der Waals surface area contributed by atoms with E-state index in [-0.39, 0.29) is 28.6 Å². The molecule has 32 heavy (non-hydrogen) atoms. The van der Waals surface area contributed by atoms with Crippen molar-refractivity contribution < 1.29 is 33.2 Å². The average Bonchev–Trinajstić information content (AvgIpc) is 2.68.